The number of imidazole rings is 1. The van der Waals surface area contributed by atoms with Crippen molar-refractivity contribution >= 4 is 35.1 Å². The predicted molar refractivity (Wildman–Crippen MR) is 62.6 cm³/mol. The lowest BCUT2D eigenvalue weighted by atomic mass is 10.2. The van der Waals surface area contributed by atoms with Gasteiger partial charge in [-0.2, -0.15) is 0 Å². The molecule has 5 heteroatoms. The maximum Gasteiger partial charge on any atom is 0.168 e. The van der Waals surface area contributed by atoms with Gasteiger partial charge in [0.1, 0.15) is 5.69 Å². The number of pyridine rings is 1. The fourth-order valence-corrected chi connectivity index (χ4v) is 2.40. The van der Waals surface area contributed by atoms with Crippen LogP contribution in [0.2, 0.25) is 10.0 Å². The number of aldehydes is 1. The maximum absolute atomic E-state index is 11.1. The van der Waals surface area contributed by atoms with Crippen molar-refractivity contribution in [1.29, 1.82) is 0 Å². The molecular formula is C11H8Cl2N2O. The summed E-state index contributed by atoms with van der Waals surface area (Å²) >= 11 is 12.0. The molecule has 0 aromatic carbocycles. The van der Waals surface area contributed by atoms with Gasteiger partial charge in [0.25, 0.3) is 0 Å². The SMILES string of the molecule is O=Cc1c(C2CC2)nc2c(Cl)cc(Cl)cn12. The molecule has 0 aliphatic heterocycles. The van der Waals surface area contributed by atoms with Crippen LogP contribution in [0.15, 0.2) is 12.3 Å². The van der Waals surface area contributed by atoms with E-state index >= 15 is 0 Å². The number of hydrogen-bond donors (Lipinski definition) is 0. The van der Waals surface area contributed by atoms with Gasteiger partial charge < -0.3 is 0 Å². The molecule has 2 heterocycles. The van der Waals surface area contributed by atoms with Gasteiger partial charge in [0.2, 0.25) is 0 Å². The van der Waals surface area contributed by atoms with Crippen LogP contribution in [0.1, 0.15) is 34.9 Å². The normalized spacial score (nSPS) is 15.6. The van der Waals surface area contributed by atoms with Gasteiger partial charge in [-0.05, 0) is 18.9 Å². The van der Waals surface area contributed by atoms with Crippen molar-refractivity contribution in [3.8, 4) is 0 Å². The third-order valence-electron chi connectivity index (χ3n) is 2.78. The first-order valence-electron chi connectivity index (χ1n) is 5.03. The number of fused-ring (bicyclic) bond motifs is 1. The smallest absolute Gasteiger partial charge is 0.168 e. The van der Waals surface area contributed by atoms with E-state index in [1.165, 1.54) is 0 Å². The molecule has 82 valence electrons. The number of rotatable bonds is 2. The number of nitrogens with zero attached hydrogens (tertiary/aromatic N) is 2. The Kier molecular flexibility index (Phi) is 2.19. The lowest BCUT2D eigenvalue weighted by molar-refractivity contribution is 0.111. The van der Waals surface area contributed by atoms with Gasteiger partial charge in [-0.15, -0.1) is 0 Å². The zero-order valence-corrected chi connectivity index (χ0v) is 9.79. The summed E-state index contributed by atoms with van der Waals surface area (Å²) in [6.45, 7) is 0. The Labute approximate surface area is 102 Å². The topological polar surface area (TPSA) is 34.4 Å². The first-order chi connectivity index (χ1) is 7.70. The van der Waals surface area contributed by atoms with Crippen LogP contribution in [0.3, 0.4) is 0 Å². The quantitative estimate of drug-likeness (QED) is 0.771. The van der Waals surface area contributed by atoms with Gasteiger partial charge in [0, 0.05) is 12.1 Å². The van der Waals surface area contributed by atoms with Gasteiger partial charge in [-0.1, -0.05) is 23.2 Å². The second-order valence-corrected chi connectivity index (χ2v) is 4.82. The van der Waals surface area contributed by atoms with E-state index in [4.69, 9.17) is 23.2 Å². The molecule has 0 spiro atoms. The molecule has 2 aromatic rings. The van der Waals surface area contributed by atoms with E-state index in [-0.39, 0.29) is 0 Å². The molecule has 0 saturated heterocycles. The van der Waals surface area contributed by atoms with E-state index in [1.807, 2.05) is 0 Å². The lowest BCUT2D eigenvalue weighted by Crippen LogP contribution is -1.93. The highest BCUT2D eigenvalue weighted by molar-refractivity contribution is 6.36. The highest BCUT2D eigenvalue weighted by atomic mass is 35.5. The van der Waals surface area contributed by atoms with Gasteiger partial charge in [0.15, 0.2) is 11.9 Å². The molecule has 0 N–H and O–H groups in total. The van der Waals surface area contributed by atoms with Gasteiger partial charge in [0.05, 0.1) is 15.7 Å². The maximum atomic E-state index is 11.1. The predicted octanol–water partition coefficient (Wildman–Crippen LogP) is 3.33. The zero-order chi connectivity index (χ0) is 11.3. The van der Waals surface area contributed by atoms with Crippen molar-refractivity contribution in [2.24, 2.45) is 0 Å². The van der Waals surface area contributed by atoms with E-state index in [1.54, 1.807) is 16.7 Å². The fraction of sp³-hybridized carbons (Fsp3) is 0.273. The third kappa shape index (κ3) is 1.43. The second-order valence-electron chi connectivity index (χ2n) is 3.97. The van der Waals surface area contributed by atoms with E-state index in [0.29, 0.717) is 27.3 Å². The van der Waals surface area contributed by atoms with Crippen LogP contribution < -0.4 is 0 Å². The Hall–Kier alpha value is -1.06. The first-order valence-corrected chi connectivity index (χ1v) is 5.78. The monoisotopic (exact) mass is 254 g/mol. The highest BCUT2D eigenvalue weighted by Gasteiger charge is 2.30. The molecular weight excluding hydrogens is 247 g/mol. The number of carbonyl (C=O) groups is 1. The molecule has 0 unspecified atom stereocenters. The average molecular weight is 255 g/mol. The molecule has 1 aliphatic rings. The molecule has 0 bridgehead atoms. The summed E-state index contributed by atoms with van der Waals surface area (Å²) in [6.07, 6.45) is 4.68. The van der Waals surface area contributed by atoms with Crippen molar-refractivity contribution in [3.63, 3.8) is 0 Å². The Balaban J connectivity index is 2.37. The summed E-state index contributed by atoms with van der Waals surface area (Å²) in [4.78, 5) is 15.5. The third-order valence-corrected chi connectivity index (χ3v) is 3.27. The highest BCUT2D eigenvalue weighted by Crippen LogP contribution is 2.41. The van der Waals surface area contributed by atoms with Gasteiger partial charge >= 0.3 is 0 Å². The van der Waals surface area contributed by atoms with E-state index < -0.39 is 0 Å². The summed E-state index contributed by atoms with van der Waals surface area (Å²) in [7, 11) is 0. The van der Waals surface area contributed by atoms with Crippen molar-refractivity contribution < 1.29 is 4.79 Å². The standard InChI is InChI=1S/C11H8Cl2N2O/c12-7-3-8(13)11-14-10(6-1-2-6)9(5-16)15(11)4-7/h3-6H,1-2H2. The van der Waals surface area contributed by atoms with Crippen LogP contribution in [-0.4, -0.2) is 15.7 Å². The van der Waals surface area contributed by atoms with Crippen molar-refractivity contribution in [3.05, 3.63) is 33.7 Å². The first kappa shape index (κ1) is 10.1. The fourth-order valence-electron chi connectivity index (χ4n) is 1.88. The molecule has 3 rings (SSSR count). The van der Waals surface area contributed by atoms with Crippen LogP contribution in [0.4, 0.5) is 0 Å². The van der Waals surface area contributed by atoms with Crippen LogP contribution in [-0.2, 0) is 0 Å². The van der Waals surface area contributed by atoms with Crippen LogP contribution in [0.5, 0.6) is 0 Å². The van der Waals surface area contributed by atoms with Crippen LogP contribution >= 0.6 is 23.2 Å². The molecule has 1 fully saturated rings. The van der Waals surface area contributed by atoms with Gasteiger partial charge in [-0.25, -0.2) is 4.98 Å². The summed E-state index contributed by atoms with van der Waals surface area (Å²) < 4.78 is 1.67. The van der Waals surface area contributed by atoms with E-state index in [9.17, 15) is 4.79 Å². The number of halogens is 2. The Morgan fingerprint density at radius 1 is 1.44 bits per heavy atom. The minimum absolute atomic E-state index is 0.412. The van der Waals surface area contributed by atoms with Crippen molar-refractivity contribution in [1.82, 2.24) is 9.38 Å². The average Bonchev–Trinajstić information content (AvgIpc) is 3.00. The van der Waals surface area contributed by atoms with Crippen LogP contribution in [0.25, 0.3) is 5.65 Å². The van der Waals surface area contributed by atoms with Crippen molar-refractivity contribution in [2.75, 3.05) is 0 Å². The second kappa shape index (κ2) is 3.47. The summed E-state index contributed by atoms with van der Waals surface area (Å²) in [5.41, 5.74) is 2.02. The number of carbonyl (C=O) groups excluding carboxylic acids is 1. The minimum Gasteiger partial charge on any atom is -0.296 e. The summed E-state index contributed by atoms with van der Waals surface area (Å²) in [5.74, 6) is 0.412. The number of aromatic nitrogens is 2. The minimum atomic E-state index is 0.412. The molecule has 1 saturated carbocycles. The zero-order valence-electron chi connectivity index (χ0n) is 8.28. The van der Waals surface area contributed by atoms with Crippen LogP contribution in [0, 0.1) is 0 Å². The lowest BCUT2D eigenvalue weighted by Gasteiger charge is -1.98. The van der Waals surface area contributed by atoms with E-state index in [0.717, 1.165) is 24.8 Å². The summed E-state index contributed by atoms with van der Waals surface area (Å²) in [5, 5.41) is 0.975. The van der Waals surface area contributed by atoms with Gasteiger partial charge in [-0.3, -0.25) is 9.20 Å². The molecule has 3 nitrogen and oxygen atoms in total. The van der Waals surface area contributed by atoms with Crippen molar-refractivity contribution in [2.45, 2.75) is 18.8 Å². The summed E-state index contributed by atoms with van der Waals surface area (Å²) in [6, 6.07) is 1.64. The number of hydrogen-bond acceptors (Lipinski definition) is 2. The Morgan fingerprint density at radius 2 is 2.19 bits per heavy atom. The molecule has 1 aliphatic carbocycles. The molecule has 0 atom stereocenters. The molecule has 16 heavy (non-hydrogen) atoms. The Bertz CT molecular complexity index is 587. The van der Waals surface area contributed by atoms with E-state index in [2.05, 4.69) is 4.98 Å². The molecule has 0 amide bonds. The largest absolute Gasteiger partial charge is 0.296 e. The molecule has 2 aromatic heterocycles. The molecule has 0 radical (unpaired) electrons. The Morgan fingerprint density at radius 3 is 2.81 bits per heavy atom.